The first-order valence-electron chi connectivity index (χ1n) is 5.60. The SMILES string of the molecule is C[C@H]1CC[C@@H](NCCc2cccs2)C1. The summed E-state index contributed by atoms with van der Waals surface area (Å²) in [5, 5.41) is 5.82. The predicted octanol–water partition coefficient (Wildman–Crippen LogP) is 3.07. The third-order valence-corrected chi connectivity index (χ3v) is 4.02. The molecule has 0 saturated heterocycles. The summed E-state index contributed by atoms with van der Waals surface area (Å²) >= 11 is 1.87. The molecule has 1 heterocycles. The van der Waals surface area contributed by atoms with E-state index in [0.29, 0.717) is 0 Å². The van der Waals surface area contributed by atoms with Crippen LogP contribution in [0.1, 0.15) is 31.1 Å². The normalized spacial score (nSPS) is 26.9. The van der Waals surface area contributed by atoms with Gasteiger partial charge < -0.3 is 5.32 Å². The second-order valence-electron chi connectivity index (χ2n) is 4.40. The molecule has 1 saturated carbocycles. The highest BCUT2D eigenvalue weighted by Gasteiger charge is 2.19. The molecule has 78 valence electrons. The van der Waals surface area contributed by atoms with Crippen LogP contribution >= 0.6 is 11.3 Å². The Kier molecular flexibility index (Phi) is 3.60. The molecule has 0 bridgehead atoms. The van der Waals surface area contributed by atoms with Gasteiger partial charge in [-0.3, -0.25) is 0 Å². The van der Waals surface area contributed by atoms with Gasteiger partial charge in [0.1, 0.15) is 0 Å². The molecule has 0 aromatic carbocycles. The molecule has 1 nitrogen and oxygen atoms in total. The van der Waals surface area contributed by atoms with E-state index >= 15 is 0 Å². The quantitative estimate of drug-likeness (QED) is 0.803. The average molecular weight is 209 g/mol. The molecule has 0 amide bonds. The molecule has 1 aliphatic rings. The number of nitrogens with one attached hydrogen (secondary N) is 1. The second kappa shape index (κ2) is 4.94. The van der Waals surface area contributed by atoms with E-state index in [-0.39, 0.29) is 0 Å². The molecule has 1 fully saturated rings. The molecule has 2 rings (SSSR count). The van der Waals surface area contributed by atoms with Crippen molar-refractivity contribution in [3.05, 3.63) is 22.4 Å². The molecule has 0 spiro atoms. The first-order valence-corrected chi connectivity index (χ1v) is 6.48. The Morgan fingerprint density at radius 3 is 3.07 bits per heavy atom. The largest absolute Gasteiger partial charge is 0.314 e. The fraction of sp³-hybridized carbons (Fsp3) is 0.667. The lowest BCUT2D eigenvalue weighted by Crippen LogP contribution is -2.28. The molecule has 1 aromatic rings. The summed E-state index contributed by atoms with van der Waals surface area (Å²) < 4.78 is 0. The second-order valence-corrected chi connectivity index (χ2v) is 5.43. The zero-order chi connectivity index (χ0) is 9.80. The maximum Gasteiger partial charge on any atom is 0.00698 e. The van der Waals surface area contributed by atoms with E-state index in [9.17, 15) is 0 Å². The van der Waals surface area contributed by atoms with Gasteiger partial charge in [-0.25, -0.2) is 0 Å². The van der Waals surface area contributed by atoms with Crippen molar-refractivity contribution in [3.63, 3.8) is 0 Å². The monoisotopic (exact) mass is 209 g/mol. The van der Waals surface area contributed by atoms with Crippen molar-refractivity contribution in [2.45, 2.75) is 38.6 Å². The first kappa shape index (κ1) is 10.2. The lowest BCUT2D eigenvalue weighted by atomic mass is 10.1. The lowest BCUT2D eigenvalue weighted by Gasteiger charge is -2.11. The standard InChI is InChI=1S/C12H19NS/c1-10-4-5-11(9-10)13-7-6-12-3-2-8-14-12/h2-3,8,10-11,13H,4-7,9H2,1H3/t10-,11+/m0/s1. The topological polar surface area (TPSA) is 12.0 Å². The molecule has 0 aliphatic heterocycles. The number of thiophene rings is 1. The van der Waals surface area contributed by atoms with Crippen LogP contribution in [0, 0.1) is 5.92 Å². The van der Waals surface area contributed by atoms with E-state index in [2.05, 4.69) is 29.8 Å². The highest BCUT2D eigenvalue weighted by atomic mass is 32.1. The molecule has 1 aliphatic carbocycles. The van der Waals surface area contributed by atoms with Crippen LogP contribution in [-0.4, -0.2) is 12.6 Å². The van der Waals surface area contributed by atoms with Crippen LogP contribution in [0.3, 0.4) is 0 Å². The van der Waals surface area contributed by atoms with Gasteiger partial charge in [-0.2, -0.15) is 0 Å². The smallest absolute Gasteiger partial charge is 0.00698 e. The Balaban J connectivity index is 1.64. The average Bonchev–Trinajstić information content (AvgIpc) is 2.77. The molecule has 2 atom stereocenters. The highest BCUT2D eigenvalue weighted by Crippen LogP contribution is 2.24. The maximum atomic E-state index is 3.66. The fourth-order valence-electron chi connectivity index (χ4n) is 2.25. The van der Waals surface area contributed by atoms with Crippen LogP contribution in [0.25, 0.3) is 0 Å². The summed E-state index contributed by atoms with van der Waals surface area (Å²) in [5.41, 5.74) is 0. The van der Waals surface area contributed by atoms with Gasteiger partial charge in [0.2, 0.25) is 0 Å². The summed E-state index contributed by atoms with van der Waals surface area (Å²) in [4.78, 5) is 1.50. The first-order chi connectivity index (χ1) is 6.84. The van der Waals surface area contributed by atoms with Crippen molar-refractivity contribution in [1.82, 2.24) is 5.32 Å². The van der Waals surface area contributed by atoms with Crippen molar-refractivity contribution < 1.29 is 0 Å². The Bertz CT molecular complexity index is 255. The Morgan fingerprint density at radius 2 is 2.43 bits per heavy atom. The van der Waals surface area contributed by atoms with E-state index < -0.39 is 0 Å². The van der Waals surface area contributed by atoms with Gasteiger partial charge in [-0.05, 0) is 43.0 Å². The van der Waals surface area contributed by atoms with Crippen molar-refractivity contribution >= 4 is 11.3 Å². The van der Waals surface area contributed by atoms with Gasteiger partial charge in [-0.15, -0.1) is 11.3 Å². The summed E-state index contributed by atoms with van der Waals surface area (Å²) in [6.45, 7) is 3.51. The molecular weight excluding hydrogens is 190 g/mol. The number of hydrogen-bond donors (Lipinski definition) is 1. The molecule has 1 N–H and O–H groups in total. The third kappa shape index (κ3) is 2.82. The lowest BCUT2D eigenvalue weighted by molar-refractivity contribution is 0.506. The van der Waals surface area contributed by atoms with Crippen LogP contribution in [0.2, 0.25) is 0 Å². The van der Waals surface area contributed by atoms with Crippen molar-refractivity contribution in [1.29, 1.82) is 0 Å². The highest BCUT2D eigenvalue weighted by molar-refractivity contribution is 7.09. The minimum Gasteiger partial charge on any atom is -0.314 e. The van der Waals surface area contributed by atoms with Gasteiger partial charge in [0, 0.05) is 17.5 Å². The van der Waals surface area contributed by atoms with E-state index in [0.717, 1.165) is 18.5 Å². The summed E-state index contributed by atoms with van der Waals surface area (Å²) in [6.07, 6.45) is 5.37. The summed E-state index contributed by atoms with van der Waals surface area (Å²) in [5.74, 6) is 0.939. The molecule has 14 heavy (non-hydrogen) atoms. The van der Waals surface area contributed by atoms with E-state index in [1.807, 2.05) is 11.3 Å². The zero-order valence-electron chi connectivity index (χ0n) is 8.83. The number of rotatable bonds is 4. The molecular formula is C12H19NS. The van der Waals surface area contributed by atoms with Crippen molar-refractivity contribution in [2.24, 2.45) is 5.92 Å². The molecule has 1 aromatic heterocycles. The van der Waals surface area contributed by atoms with Crippen LogP contribution in [0.4, 0.5) is 0 Å². The van der Waals surface area contributed by atoms with Gasteiger partial charge in [-0.1, -0.05) is 13.0 Å². The summed E-state index contributed by atoms with van der Waals surface area (Å²) in [6, 6.07) is 5.16. The summed E-state index contributed by atoms with van der Waals surface area (Å²) in [7, 11) is 0. The van der Waals surface area contributed by atoms with Gasteiger partial charge >= 0.3 is 0 Å². The maximum absolute atomic E-state index is 3.66. The van der Waals surface area contributed by atoms with Crippen LogP contribution < -0.4 is 5.32 Å². The van der Waals surface area contributed by atoms with Crippen LogP contribution in [0.15, 0.2) is 17.5 Å². The Labute approximate surface area is 90.5 Å². The van der Waals surface area contributed by atoms with Gasteiger partial charge in [0.25, 0.3) is 0 Å². The van der Waals surface area contributed by atoms with Crippen molar-refractivity contribution in [2.75, 3.05) is 6.54 Å². The molecule has 2 heteroatoms. The minimum atomic E-state index is 0.796. The number of hydrogen-bond acceptors (Lipinski definition) is 2. The van der Waals surface area contributed by atoms with Gasteiger partial charge in [0.05, 0.1) is 0 Å². The molecule has 0 radical (unpaired) electrons. The van der Waals surface area contributed by atoms with E-state index in [1.165, 1.54) is 30.6 Å². The van der Waals surface area contributed by atoms with Crippen molar-refractivity contribution in [3.8, 4) is 0 Å². The minimum absolute atomic E-state index is 0.796. The van der Waals surface area contributed by atoms with Crippen LogP contribution in [0.5, 0.6) is 0 Å². The molecule has 0 unspecified atom stereocenters. The predicted molar refractivity (Wildman–Crippen MR) is 62.8 cm³/mol. The third-order valence-electron chi connectivity index (χ3n) is 3.08. The van der Waals surface area contributed by atoms with Gasteiger partial charge in [0.15, 0.2) is 0 Å². The zero-order valence-corrected chi connectivity index (χ0v) is 9.65. The van der Waals surface area contributed by atoms with E-state index in [1.54, 1.807) is 0 Å². The van der Waals surface area contributed by atoms with E-state index in [4.69, 9.17) is 0 Å². The fourth-order valence-corrected chi connectivity index (χ4v) is 2.96. The Morgan fingerprint density at radius 1 is 1.50 bits per heavy atom. The van der Waals surface area contributed by atoms with Crippen LogP contribution in [-0.2, 0) is 6.42 Å². The Hall–Kier alpha value is -0.340.